The molecule has 0 aliphatic carbocycles. The second kappa shape index (κ2) is 8.79. The molecular weight excluding hydrogens is 681 g/mol. The van der Waals surface area contributed by atoms with E-state index in [-0.39, 0.29) is 0 Å². The minimum absolute atomic E-state index is 0.737. The number of fused-ring (bicyclic) bond motifs is 1. The Balaban J connectivity index is 4.20. The van der Waals surface area contributed by atoms with Crippen LogP contribution >= 0.6 is 0 Å². The molecule has 0 bridgehead atoms. The molecule has 0 unspecified atom stereocenters. The van der Waals surface area contributed by atoms with Gasteiger partial charge in [0, 0.05) is 10.8 Å². The van der Waals surface area contributed by atoms with Gasteiger partial charge in [0.2, 0.25) is 0 Å². The third-order valence-corrected chi connectivity index (χ3v) is 11.0. The van der Waals surface area contributed by atoms with E-state index < -0.39 is 122 Å². The standard InChI is InChI=1S/C10H8O21S7/c11-32(12,13)2-1-3(33(14,15)16)6(34(17,18)19)5-4(2)7(35(20,21)22)9(37(26,27)28)10(38(29,30)31)8(5)36(23,24)25/h1H,(H,11,12,13)(H,14,15,16)(H,17,18,19)(H,20,21,22)(H,23,24,25)(H,26,27,28)(H,29,30,31). The van der Waals surface area contributed by atoms with E-state index in [1.807, 2.05) is 0 Å². The van der Waals surface area contributed by atoms with Crippen molar-refractivity contribution in [3.8, 4) is 0 Å². The summed E-state index contributed by atoms with van der Waals surface area (Å²) >= 11 is 0. The van der Waals surface area contributed by atoms with Gasteiger partial charge in [0.25, 0.3) is 70.8 Å². The average molecular weight is 689 g/mol. The molecule has 0 fully saturated rings. The Kier molecular flexibility index (Phi) is 7.46. The van der Waals surface area contributed by atoms with Gasteiger partial charge < -0.3 is 0 Å². The summed E-state index contributed by atoms with van der Waals surface area (Å²) in [6.45, 7) is 0. The summed E-state index contributed by atoms with van der Waals surface area (Å²) in [5.74, 6) is 0. The van der Waals surface area contributed by atoms with Crippen molar-refractivity contribution in [2.45, 2.75) is 34.3 Å². The first kappa shape index (κ1) is 32.3. The summed E-state index contributed by atoms with van der Waals surface area (Å²) in [7, 11) is -45.8. The Labute approximate surface area is 212 Å². The predicted molar refractivity (Wildman–Crippen MR) is 113 cm³/mol. The molecule has 0 radical (unpaired) electrons. The first-order valence-electron chi connectivity index (χ1n) is 7.87. The van der Waals surface area contributed by atoms with Gasteiger partial charge in [0.15, 0.2) is 0 Å². The van der Waals surface area contributed by atoms with Crippen molar-refractivity contribution in [3.05, 3.63) is 6.07 Å². The molecule has 2 aromatic rings. The first-order chi connectivity index (χ1) is 16.3. The fourth-order valence-electron chi connectivity index (χ4n) is 3.10. The van der Waals surface area contributed by atoms with Crippen molar-refractivity contribution in [3.63, 3.8) is 0 Å². The fraction of sp³-hybridized carbons (Fsp3) is 0. The van der Waals surface area contributed by atoms with Crippen molar-refractivity contribution in [1.82, 2.24) is 0 Å². The minimum Gasteiger partial charge on any atom is -0.282 e. The molecule has 0 spiro atoms. The molecule has 216 valence electrons. The quantitative estimate of drug-likeness (QED) is 0.149. The van der Waals surface area contributed by atoms with Gasteiger partial charge in [-0.25, -0.2) is 0 Å². The highest BCUT2D eigenvalue weighted by atomic mass is 32.3. The molecule has 0 atom stereocenters. The van der Waals surface area contributed by atoms with Crippen LogP contribution in [-0.4, -0.2) is 90.8 Å². The first-order valence-corrected chi connectivity index (χ1v) is 17.9. The van der Waals surface area contributed by atoms with Crippen LogP contribution in [0, 0.1) is 0 Å². The monoisotopic (exact) mass is 688 g/mol. The lowest BCUT2D eigenvalue weighted by Gasteiger charge is -2.20. The lowest BCUT2D eigenvalue weighted by molar-refractivity contribution is 0.447. The Morgan fingerprint density at radius 2 is 0.579 bits per heavy atom. The SMILES string of the molecule is O=S(=O)(O)c1cc(S(=O)(=O)O)c2c(S(=O)(=O)O)c(S(=O)(=O)O)c(S(=O)(=O)O)c(S(=O)(=O)O)c2c1S(=O)(=O)O. The van der Waals surface area contributed by atoms with Gasteiger partial charge in [-0.1, -0.05) is 0 Å². The Morgan fingerprint density at radius 3 is 0.816 bits per heavy atom. The van der Waals surface area contributed by atoms with E-state index in [4.69, 9.17) is 0 Å². The number of hydrogen-bond donors (Lipinski definition) is 7. The smallest absolute Gasteiger partial charge is 0.282 e. The molecule has 0 saturated carbocycles. The lowest BCUT2D eigenvalue weighted by atomic mass is 10.1. The third-order valence-electron chi connectivity index (χ3n) is 4.13. The van der Waals surface area contributed by atoms with Crippen LogP contribution in [0.3, 0.4) is 0 Å². The van der Waals surface area contributed by atoms with Crippen LogP contribution in [0.15, 0.2) is 40.3 Å². The van der Waals surface area contributed by atoms with Crippen LogP contribution in [-0.2, 0) is 70.8 Å². The zero-order valence-electron chi connectivity index (χ0n) is 16.8. The van der Waals surface area contributed by atoms with E-state index in [9.17, 15) is 90.8 Å². The zero-order chi connectivity index (χ0) is 30.4. The summed E-state index contributed by atoms with van der Waals surface area (Å²) in [4.78, 5) is -19.4. The van der Waals surface area contributed by atoms with Gasteiger partial charge >= 0.3 is 0 Å². The highest BCUT2D eigenvalue weighted by Gasteiger charge is 2.46. The third kappa shape index (κ3) is 5.81. The molecule has 38 heavy (non-hydrogen) atoms. The molecule has 21 nitrogen and oxygen atoms in total. The summed E-state index contributed by atoms with van der Waals surface area (Å²) in [6, 6.07) is -0.737. The molecular formula is C10H8O21S7. The maximum absolute atomic E-state index is 12.1. The summed E-state index contributed by atoms with van der Waals surface area (Å²) in [6.07, 6.45) is 0. The van der Waals surface area contributed by atoms with Crippen LogP contribution in [0.2, 0.25) is 0 Å². The van der Waals surface area contributed by atoms with Crippen molar-refractivity contribution in [1.29, 1.82) is 0 Å². The van der Waals surface area contributed by atoms with E-state index in [2.05, 4.69) is 0 Å². The van der Waals surface area contributed by atoms with Crippen LogP contribution in [0.4, 0.5) is 0 Å². The fourth-order valence-corrected chi connectivity index (χ4v) is 11.0. The topological polar surface area (TPSA) is 381 Å². The molecule has 0 amide bonds. The van der Waals surface area contributed by atoms with Crippen molar-refractivity contribution in [2.75, 3.05) is 0 Å². The number of benzene rings is 2. The summed E-state index contributed by atoms with van der Waals surface area (Å²) < 4.78 is 235. The molecule has 0 heterocycles. The van der Waals surface area contributed by atoms with E-state index >= 15 is 0 Å². The molecule has 0 aliphatic rings. The van der Waals surface area contributed by atoms with Gasteiger partial charge in [0.05, 0.1) is 0 Å². The summed E-state index contributed by atoms with van der Waals surface area (Å²) in [5, 5.41) is -5.17. The second-order valence-corrected chi connectivity index (χ2v) is 16.2. The molecule has 28 heteroatoms. The number of rotatable bonds is 7. The lowest BCUT2D eigenvalue weighted by Crippen LogP contribution is -2.22. The average Bonchev–Trinajstić information content (AvgIpc) is 2.58. The van der Waals surface area contributed by atoms with Gasteiger partial charge in [-0.3, -0.25) is 31.9 Å². The maximum atomic E-state index is 12.1. The second-order valence-electron chi connectivity index (χ2n) is 6.59. The highest BCUT2D eigenvalue weighted by Crippen LogP contribution is 2.47. The Hall–Kier alpha value is -1.93. The maximum Gasteiger partial charge on any atom is 0.297 e. The molecule has 0 aromatic heterocycles. The molecule has 7 N–H and O–H groups in total. The molecule has 0 saturated heterocycles. The molecule has 0 aliphatic heterocycles. The zero-order valence-corrected chi connectivity index (χ0v) is 22.5. The van der Waals surface area contributed by atoms with Gasteiger partial charge in [-0.05, 0) is 6.07 Å². The van der Waals surface area contributed by atoms with E-state index in [0.29, 0.717) is 0 Å². The van der Waals surface area contributed by atoms with Crippen LogP contribution in [0.25, 0.3) is 10.8 Å². The van der Waals surface area contributed by atoms with E-state index in [1.54, 1.807) is 0 Å². The van der Waals surface area contributed by atoms with Crippen molar-refractivity contribution >= 4 is 81.6 Å². The van der Waals surface area contributed by atoms with E-state index in [0.717, 1.165) is 0 Å². The predicted octanol–water partition coefficient (Wildman–Crippen LogP) is -2.43. The summed E-state index contributed by atoms with van der Waals surface area (Å²) in [5.41, 5.74) is 0. The van der Waals surface area contributed by atoms with Gasteiger partial charge in [-0.2, -0.15) is 58.9 Å². The highest BCUT2D eigenvalue weighted by molar-refractivity contribution is 7.92. The Morgan fingerprint density at radius 1 is 0.316 bits per heavy atom. The van der Waals surface area contributed by atoms with Crippen LogP contribution in [0.1, 0.15) is 0 Å². The molecule has 2 rings (SSSR count). The number of hydrogen-bond acceptors (Lipinski definition) is 14. The normalized spacial score (nSPS) is 14.6. The Bertz CT molecular complexity index is 2200. The minimum atomic E-state index is -6.72. The molecule has 2 aromatic carbocycles. The largest absolute Gasteiger partial charge is 0.297 e. The van der Waals surface area contributed by atoms with Gasteiger partial charge in [0.1, 0.15) is 34.3 Å². The van der Waals surface area contributed by atoms with E-state index in [1.165, 1.54) is 0 Å². The van der Waals surface area contributed by atoms with Crippen LogP contribution < -0.4 is 0 Å². The van der Waals surface area contributed by atoms with Crippen molar-refractivity contribution < 1.29 is 90.8 Å². The van der Waals surface area contributed by atoms with Crippen LogP contribution in [0.5, 0.6) is 0 Å². The van der Waals surface area contributed by atoms with Crippen molar-refractivity contribution in [2.24, 2.45) is 0 Å². The van der Waals surface area contributed by atoms with Gasteiger partial charge in [-0.15, -0.1) is 0 Å².